The molecule has 19 heavy (non-hydrogen) atoms. The Labute approximate surface area is 124 Å². The van der Waals surface area contributed by atoms with E-state index in [1.165, 1.54) is 18.5 Å². The van der Waals surface area contributed by atoms with Gasteiger partial charge < -0.3 is 0 Å². The molecular weight excluding hydrogens is 354 g/mol. The van der Waals surface area contributed by atoms with Crippen molar-refractivity contribution in [1.29, 1.82) is 0 Å². The van der Waals surface area contributed by atoms with Crippen LogP contribution in [0.4, 0.5) is 5.82 Å². The Morgan fingerprint density at radius 3 is 2.63 bits per heavy atom. The fourth-order valence-corrected chi connectivity index (χ4v) is 3.13. The second kappa shape index (κ2) is 5.44. The van der Waals surface area contributed by atoms with Crippen LogP contribution < -0.4 is 4.72 Å². The number of nitrogens with zero attached hydrogens (tertiary/aromatic N) is 2. The summed E-state index contributed by atoms with van der Waals surface area (Å²) in [4.78, 5) is 7.92. The largest absolute Gasteiger partial charge is 0.263 e. The van der Waals surface area contributed by atoms with E-state index in [1.807, 2.05) is 0 Å². The standard InChI is InChI=1S/C11H9BrClN3O2S/c1-7-8(13)3-2-4-9(7)19(17,18)16-11-6-14-10(12)5-15-11/h2-6H,1H3,(H,15,16). The Bertz CT molecular complexity index is 704. The van der Waals surface area contributed by atoms with Gasteiger partial charge in [0.05, 0.1) is 17.3 Å². The maximum Gasteiger partial charge on any atom is 0.263 e. The molecule has 0 amide bonds. The molecule has 2 rings (SSSR count). The Morgan fingerprint density at radius 2 is 2.00 bits per heavy atom. The SMILES string of the molecule is Cc1c(Cl)cccc1S(=O)(=O)Nc1cnc(Br)cn1. The molecule has 0 aliphatic carbocycles. The number of aromatic nitrogens is 2. The van der Waals surface area contributed by atoms with Gasteiger partial charge in [-0.1, -0.05) is 17.7 Å². The fourth-order valence-electron chi connectivity index (χ4n) is 1.44. The van der Waals surface area contributed by atoms with Crippen LogP contribution in [0.1, 0.15) is 5.56 Å². The third-order valence-corrected chi connectivity index (χ3v) is 4.68. The molecule has 1 aromatic carbocycles. The van der Waals surface area contributed by atoms with Gasteiger partial charge in [0.15, 0.2) is 5.82 Å². The zero-order valence-electron chi connectivity index (χ0n) is 9.76. The van der Waals surface area contributed by atoms with Crippen molar-refractivity contribution in [1.82, 2.24) is 9.97 Å². The first-order chi connectivity index (χ1) is 8.90. The van der Waals surface area contributed by atoms with E-state index in [4.69, 9.17) is 11.6 Å². The molecule has 0 bridgehead atoms. The molecule has 0 fully saturated rings. The lowest BCUT2D eigenvalue weighted by atomic mass is 10.2. The molecule has 0 saturated carbocycles. The van der Waals surface area contributed by atoms with Crippen molar-refractivity contribution in [2.75, 3.05) is 4.72 Å². The van der Waals surface area contributed by atoms with Crippen molar-refractivity contribution in [2.45, 2.75) is 11.8 Å². The first-order valence-corrected chi connectivity index (χ1v) is 7.81. The van der Waals surface area contributed by atoms with Crippen LogP contribution >= 0.6 is 27.5 Å². The van der Waals surface area contributed by atoms with Gasteiger partial charge in [-0.15, -0.1) is 0 Å². The van der Waals surface area contributed by atoms with E-state index in [9.17, 15) is 8.42 Å². The number of halogens is 2. The molecule has 0 radical (unpaired) electrons. The maximum atomic E-state index is 12.2. The molecule has 1 aromatic heterocycles. The van der Waals surface area contributed by atoms with Crippen LogP contribution in [0.15, 0.2) is 40.1 Å². The molecule has 0 atom stereocenters. The maximum absolute atomic E-state index is 12.2. The monoisotopic (exact) mass is 361 g/mol. The normalized spacial score (nSPS) is 11.3. The number of rotatable bonds is 3. The van der Waals surface area contributed by atoms with Crippen molar-refractivity contribution in [3.05, 3.63) is 45.8 Å². The van der Waals surface area contributed by atoms with Gasteiger partial charge in [-0.25, -0.2) is 18.4 Å². The summed E-state index contributed by atoms with van der Waals surface area (Å²) in [6, 6.07) is 4.70. The summed E-state index contributed by atoms with van der Waals surface area (Å²) >= 11 is 9.04. The van der Waals surface area contributed by atoms with E-state index < -0.39 is 10.0 Å². The first kappa shape index (κ1) is 14.2. The van der Waals surface area contributed by atoms with Crippen LogP contribution in [0.25, 0.3) is 0 Å². The van der Waals surface area contributed by atoms with Gasteiger partial charge in [-0.3, -0.25) is 4.72 Å². The van der Waals surface area contributed by atoms with Crippen LogP contribution in [-0.2, 0) is 10.0 Å². The Kier molecular flexibility index (Phi) is 4.07. The number of nitrogens with one attached hydrogen (secondary N) is 1. The van der Waals surface area contributed by atoms with Crippen molar-refractivity contribution in [3.63, 3.8) is 0 Å². The van der Waals surface area contributed by atoms with Crippen LogP contribution in [0, 0.1) is 6.92 Å². The van der Waals surface area contributed by atoms with Crippen LogP contribution in [0.3, 0.4) is 0 Å². The Balaban J connectivity index is 2.38. The molecule has 1 N–H and O–H groups in total. The van der Waals surface area contributed by atoms with Gasteiger partial charge in [0.1, 0.15) is 4.60 Å². The summed E-state index contributed by atoms with van der Waals surface area (Å²) in [5.41, 5.74) is 0.488. The molecule has 8 heteroatoms. The van der Waals surface area contributed by atoms with E-state index in [1.54, 1.807) is 19.1 Å². The topological polar surface area (TPSA) is 72.0 Å². The number of benzene rings is 1. The summed E-state index contributed by atoms with van der Waals surface area (Å²) in [5, 5.41) is 0.393. The lowest BCUT2D eigenvalue weighted by Gasteiger charge is -2.10. The highest BCUT2D eigenvalue weighted by Gasteiger charge is 2.18. The van der Waals surface area contributed by atoms with Crippen LogP contribution in [0.5, 0.6) is 0 Å². The smallest absolute Gasteiger partial charge is 0.262 e. The zero-order valence-corrected chi connectivity index (χ0v) is 12.9. The lowest BCUT2D eigenvalue weighted by Crippen LogP contribution is -2.15. The minimum absolute atomic E-state index is 0.115. The zero-order chi connectivity index (χ0) is 14.0. The minimum Gasteiger partial charge on any atom is -0.262 e. The van der Waals surface area contributed by atoms with E-state index in [2.05, 4.69) is 30.6 Å². The molecule has 0 spiro atoms. The van der Waals surface area contributed by atoms with Crippen molar-refractivity contribution >= 4 is 43.4 Å². The van der Waals surface area contributed by atoms with Gasteiger partial charge in [0.2, 0.25) is 0 Å². The second-order valence-electron chi connectivity index (χ2n) is 3.69. The van der Waals surface area contributed by atoms with Gasteiger partial charge >= 0.3 is 0 Å². The van der Waals surface area contributed by atoms with Crippen LogP contribution in [-0.4, -0.2) is 18.4 Å². The van der Waals surface area contributed by atoms with E-state index >= 15 is 0 Å². The Hall–Kier alpha value is -1.18. The average molecular weight is 363 g/mol. The predicted molar refractivity (Wildman–Crippen MR) is 76.7 cm³/mol. The quantitative estimate of drug-likeness (QED) is 0.911. The number of anilines is 1. The third-order valence-electron chi connectivity index (χ3n) is 2.37. The minimum atomic E-state index is -3.73. The van der Waals surface area contributed by atoms with E-state index in [0.717, 1.165) is 0 Å². The highest BCUT2D eigenvalue weighted by Crippen LogP contribution is 2.24. The van der Waals surface area contributed by atoms with Gasteiger partial charge in [0.25, 0.3) is 10.0 Å². The number of hydrogen-bond donors (Lipinski definition) is 1. The average Bonchev–Trinajstić information content (AvgIpc) is 2.35. The van der Waals surface area contributed by atoms with Gasteiger partial charge in [0, 0.05) is 5.02 Å². The fraction of sp³-hybridized carbons (Fsp3) is 0.0909. The van der Waals surface area contributed by atoms with E-state index in [-0.39, 0.29) is 10.7 Å². The molecular formula is C11H9BrClN3O2S. The molecule has 5 nitrogen and oxygen atoms in total. The molecule has 2 aromatic rings. The third kappa shape index (κ3) is 3.23. The predicted octanol–water partition coefficient (Wildman–Crippen LogP) is 3.00. The lowest BCUT2D eigenvalue weighted by molar-refractivity contribution is 0.600. The van der Waals surface area contributed by atoms with Crippen molar-refractivity contribution in [2.24, 2.45) is 0 Å². The first-order valence-electron chi connectivity index (χ1n) is 5.15. The summed E-state index contributed by atoms with van der Waals surface area (Å²) in [5.74, 6) is 0.141. The Morgan fingerprint density at radius 1 is 1.26 bits per heavy atom. The molecule has 100 valence electrons. The van der Waals surface area contributed by atoms with Gasteiger partial charge in [-0.05, 0) is 40.5 Å². The summed E-state index contributed by atoms with van der Waals surface area (Å²) in [6.07, 6.45) is 2.73. The van der Waals surface area contributed by atoms with Crippen LogP contribution in [0.2, 0.25) is 5.02 Å². The molecule has 1 heterocycles. The second-order valence-corrected chi connectivity index (χ2v) is 6.56. The number of sulfonamides is 1. The molecule has 0 unspecified atom stereocenters. The van der Waals surface area contributed by atoms with Crippen molar-refractivity contribution < 1.29 is 8.42 Å². The highest BCUT2D eigenvalue weighted by molar-refractivity contribution is 9.10. The van der Waals surface area contributed by atoms with E-state index in [0.29, 0.717) is 15.2 Å². The molecule has 0 saturated heterocycles. The van der Waals surface area contributed by atoms with Gasteiger partial charge in [-0.2, -0.15) is 0 Å². The summed E-state index contributed by atoms with van der Waals surface area (Å²) in [6.45, 7) is 1.64. The highest BCUT2D eigenvalue weighted by atomic mass is 79.9. The number of hydrogen-bond acceptors (Lipinski definition) is 4. The molecule has 0 aliphatic heterocycles. The summed E-state index contributed by atoms with van der Waals surface area (Å²) < 4.78 is 27.3. The summed E-state index contributed by atoms with van der Waals surface area (Å²) in [7, 11) is -3.73. The van der Waals surface area contributed by atoms with Crippen molar-refractivity contribution in [3.8, 4) is 0 Å². The molecule has 0 aliphatic rings.